The molecule has 0 saturated heterocycles. The van der Waals surface area contributed by atoms with Crippen LogP contribution in [0.1, 0.15) is 50.8 Å². The van der Waals surface area contributed by atoms with Crippen LogP contribution in [-0.2, 0) is 24.3 Å². The normalized spacial score (nSPS) is 12.7. The Hall–Kier alpha value is -3.18. The van der Waals surface area contributed by atoms with Gasteiger partial charge in [-0.15, -0.1) is 0 Å². The average molecular weight is 508 g/mol. The number of hydrogen-bond donors (Lipinski definition) is 1. The summed E-state index contributed by atoms with van der Waals surface area (Å²) in [6.45, 7) is 5.50. The average Bonchev–Trinajstić information content (AvgIpc) is 2.76. The largest absolute Gasteiger partial charge is 0.466 e. The molecule has 0 amide bonds. The summed E-state index contributed by atoms with van der Waals surface area (Å²) in [5.41, 5.74) is 1.81. The highest BCUT2D eigenvalue weighted by atomic mass is 32.2. The summed E-state index contributed by atoms with van der Waals surface area (Å²) < 4.78 is 43.5. The fourth-order valence-corrected chi connectivity index (χ4v) is 3.53. The number of halogens is 1. The molecular weight excluding hydrogens is 477 g/mol. The van der Waals surface area contributed by atoms with Gasteiger partial charge in [-0.25, -0.2) is 27.1 Å². The minimum Gasteiger partial charge on any atom is -0.466 e. The Bertz CT molecular complexity index is 1200. The van der Waals surface area contributed by atoms with Crippen LogP contribution in [-0.4, -0.2) is 61.3 Å². The van der Waals surface area contributed by atoms with E-state index in [1.54, 1.807) is 13.0 Å². The first-order valence-electron chi connectivity index (χ1n) is 11.0. The molecule has 35 heavy (non-hydrogen) atoms. The van der Waals surface area contributed by atoms with E-state index in [0.717, 1.165) is 10.6 Å². The number of rotatable bonds is 11. The lowest BCUT2D eigenvalue weighted by Crippen LogP contribution is -2.27. The van der Waals surface area contributed by atoms with Crippen molar-refractivity contribution in [3.8, 4) is 11.3 Å². The lowest BCUT2D eigenvalue weighted by molar-refractivity contribution is -0.145. The van der Waals surface area contributed by atoms with E-state index in [0.29, 0.717) is 22.5 Å². The molecule has 1 aromatic heterocycles. The molecular formula is C24H30FN3O6S. The van der Waals surface area contributed by atoms with Crippen molar-refractivity contribution in [2.75, 3.05) is 24.2 Å². The molecule has 11 heteroatoms. The van der Waals surface area contributed by atoms with Crippen molar-refractivity contribution in [3.05, 3.63) is 47.4 Å². The minimum atomic E-state index is -3.66. The van der Waals surface area contributed by atoms with Gasteiger partial charge >= 0.3 is 5.97 Å². The first-order valence-corrected chi connectivity index (χ1v) is 12.8. The van der Waals surface area contributed by atoms with E-state index in [1.165, 1.54) is 37.4 Å². The molecule has 1 heterocycles. The van der Waals surface area contributed by atoms with Crippen molar-refractivity contribution in [1.29, 1.82) is 0 Å². The summed E-state index contributed by atoms with van der Waals surface area (Å²) in [6.07, 6.45) is 2.01. The maximum absolute atomic E-state index is 13.6. The van der Waals surface area contributed by atoms with E-state index in [9.17, 15) is 27.5 Å². The number of esters is 1. The number of anilines is 1. The molecule has 1 unspecified atom stereocenters. The third-order valence-corrected chi connectivity index (χ3v) is 6.13. The van der Waals surface area contributed by atoms with Crippen LogP contribution >= 0.6 is 0 Å². The van der Waals surface area contributed by atoms with Gasteiger partial charge in [-0.05, 0) is 37.1 Å². The second kappa shape index (κ2) is 12.0. The van der Waals surface area contributed by atoms with Crippen molar-refractivity contribution in [1.82, 2.24) is 9.97 Å². The van der Waals surface area contributed by atoms with E-state index >= 15 is 0 Å². The second-order valence-electron chi connectivity index (χ2n) is 8.21. The van der Waals surface area contributed by atoms with Crippen molar-refractivity contribution >= 4 is 33.8 Å². The van der Waals surface area contributed by atoms with Gasteiger partial charge in [0.1, 0.15) is 18.0 Å². The molecule has 9 nitrogen and oxygen atoms in total. The molecule has 2 rings (SSSR count). The van der Waals surface area contributed by atoms with Crippen LogP contribution in [0, 0.1) is 5.82 Å². The Morgan fingerprint density at radius 2 is 1.83 bits per heavy atom. The third-order valence-electron chi connectivity index (χ3n) is 4.98. The molecule has 1 N–H and O–H groups in total. The Labute approximate surface area is 204 Å². The maximum atomic E-state index is 13.6. The summed E-state index contributed by atoms with van der Waals surface area (Å²) >= 11 is 0. The molecule has 0 aliphatic carbocycles. The number of ketones is 1. The Morgan fingerprint density at radius 3 is 2.37 bits per heavy atom. The quantitative estimate of drug-likeness (QED) is 0.363. The minimum absolute atomic E-state index is 0.0576. The second-order valence-corrected chi connectivity index (χ2v) is 10.2. The predicted octanol–water partition coefficient (Wildman–Crippen LogP) is 3.09. The lowest BCUT2D eigenvalue weighted by atomic mass is 9.97. The van der Waals surface area contributed by atoms with Gasteiger partial charge in [0.15, 0.2) is 0 Å². The van der Waals surface area contributed by atoms with Gasteiger partial charge in [0.2, 0.25) is 16.0 Å². The highest BCUT2D eigenvalue weighted by Crippen LogP contribution is 2.31. The van der Waals surface area contributed by atoms with Gasteiger partial charge in [0.05, 0.1) is 30.4 Å². The summed E-state index contributed by atoms with van der Waals surface area (Å²) in [5.74, 6) is -1.82. The van der Waals surface area contributed by atoms with E-state index in [1.807, 2.05) is 13.8 Å². The number of aliphatic hydroxyl groups excluding tert-OH is 1. The molecule has 0 bridgehead atoms. The summed E-state index contributed by atoms with van der Waals surface area (Å²) in [6, 6.07) is 5.51. The molecule has 0 aliphatic heterocycles. The Kier molecular flexibility index (Phi) is 9.61. The van der Waals surface area contributed by atoms with Gasteiger partial charge < -0.3 is 9.84 Å². The first kappa shape index (κ1) is 28.1. The fourth-order valence-electron chi connectivity index (χ4n) is 3.15. The predicted molar refractivity (Wildman–Crippen MR) is 131 cm³/mol. The monoisotopic (exact) mass is 507 g/mol. The smallest absolute Gasteiger partial charge is 0.313 e. The maximum Gasteiger partial charge on any atom is 0.313 e. The molecule has 1 aromatic carbocycles. The molecule has 0 spiro atoms. The van der Waals surface area contributed by atoms with Gasteiger partial charge in [0.25, 0.3) is 0 Å². The van der Waals surface area contributed by atoms with Crippen LogP contribution in [0.15, 0.2) is 30.3 Å². The molecule has 0 aliphatic rings. The SMILES string of the molecule is CCOC(=O)CC(=O)CC(O)/C=C/c1c(-c2ccc(F)cc2)nc(N(C)S(C)(=O)=O)nc1C(C)C. The van der Waals surface area contributed by atoms with Crippen LogP contribution < -0.4 is 4.31 Å². The number of aromatic nitrogens is 2. The summed E-state index contributed by atoms with van der Waals surface area (Å²) in [4.78, 5) is 32.4. The van der Waals surface area contributed by atoms with Crippen molar-refractivity contribution in [2.24, 2.45) is 0 Å². The molecule has 1 atom stereocenters. The molecule has 0 fully saturated rings. The zero-order valence-electron chi connectivity index (χ0n) is 20.4. The number of carbonyl (C=O) groups is 2. The zero-order chi connectivity index (χ0) is 26.3. The van der Waals surface area contributed by atoms with Crippen LogP contribution in [0.25, 0.3) is 17.3 Å². The van der Waals surface area contributed by atoms with E-state index < -0.39 is 40.1 Å². The highest BCUT2D eigenvalue weighted by molar-refractivity contribution is 7.92. The number of Topliss-reactive ketones (excluding diaryl/α,β-unsaturated/α-hetero) is 1. The highest BCUT2D eigenvalue weighted by Gasteiger charge is 2.22. The molecule has 0 radical (unpaired) electrons. The number of benzene rings is 1. The van der Waals surface area contributed by atoms with Gasteiger partial charge in [-0.1, -0.05) is 26.0 Å². The standard InChI is InChI=1S/C24H30FN3O6S/c1-6-34-21(31)14-19(30)13-18(29)11-12-20-22(15(2)3)26-24(28(4)35(5,32)33)27-23(20)16-7-9-17(25)10-8-16/h7-12,15,18,29H,6,13-14H2,1-5H3/b12-11+. The van der Waals surface area contributed by atoms with Gasteiger partial charge in [-0.3, -0.25) is 9.59 Å². The number of carbonyl (C=O) groups excluding carboxylic acids is 2. The van der Waals surface area contributed by atoms with E-state index in [2.05, 4.69) is 9.97 Å². The number of ether oxygens (including phenoxy) is 1. The summed E-state index contributed by atoms with van der Waals surface area (Å²) in [5, 5.41) is 10.4. The number of sulfonamides is 1. The van der Waals surface area contributed by atoms with Crippen molar-refractivity contribution in [2.45, 2.75) is 45.6 Å². The number of hydrogen-bond acceptors (Lipinski definition) is 8. The Balaban J connectivity index is 2.52. The van der Waals surface area contributed by atoms with Crippen LogP contribution in [0.4, 0.5) is 10.3 Å². The van der Waals surface area contributed by atoms with Gasteiger partial charge in [0, 0.05) is 24.6 Å². The van der Waals surface area contributed by atoms with E-state index in [-0.39, 0.29) is 24.9 Å². The fraction of sp³-hybridized carbons (Fsp3) is 0.417. The van der Waals surface area contributed by atoms with Crippen molar-refractivity contribution < 1.29 is 32.2 Å². The molecule has 190 valence electrons. The summed E-state index contributed by atoms with van der Waals surface area (Å²) in [7, 11) is -2.32. The lowest BCUT2D eigenvalue weighted by Gasteiger charge is -2.20. The van der Waals surface area contributed by atoms with Crippen LogP contribution in [0.3, 0.4) is 0 Å². The first-order chi connectivity index (χ1) is 16.3. The van der Waals surface area contributed by atoms with E-state index in [4.69, 9.17) is 4.74 Å². The third kappa shape index (κ3) is 7.93. The van der Waals surface area contributed by atoms with Crippen LogP contribution in [0.2, 0.25) is 0 Å². The van der Waals surface area contributed by atoms with Crippen molar-refractivity contribution in [3.63, 3.8) is 0 Å². The Morgan fingerprint density at radius 1 is 1.20 bits per heavy atom. The number of nitrogens with zero attached hydrogens (tertiary/aromatic N) is 3. The molecule has 2 aromatic rings. The molecule has 0 saturated carbocycles. The van der Waals surface area contributed by atoms with Crippen LogP contribution in [0.5, 0.6) is 0 Å². The zero-order valence-corrected chi connectivity index (χ0v) is 21.2. The van der Waals surface area contributed by atoms with Gasteiger partial charge in [-0.2, -0.15) is 0 Å². The topological polar surface area (TPSA) is 127 Å². The number of aliphatic hydroxyl groups is 1.